The van der Waals surface area contributed by atoms with Gasteiger partial charge in [0, 0.05) is 5.02 Å². The first kappa shape index (κ1) is 12.9. The molecule has 1 aromatic rings. The first-order valence-electron chi connectivity index (χ1n) is 5.27. The summed E-state index contributed by atoms with van der Waals surface area (Å²) in [5.41, 5.74) is 1.09. The van der Waals surface area contributed by atoms with E-state index in [1.807, 2.05) is 13.8 Å². The number of hydrogen-bond acceptors (Lipinski definition) is 1. The van der Waals surface area contributed by atoms with E-state index in [1.54, 1.807) is 0 Å². The molecule has 0 saturated carbocycles. The molecule has 0 aliphatic rings. The molecule has 16 heavy (non-hydrogen) atoms. The topological polar surface area (TPSA) is 17.1 Å². The minimum atomic E-state index is -0.569. The Morgan fingerprint density at radius 3 is 2.50 bits per heavy atom. The van der Waals surface area contributed by atoms with E-state index in [1.165, 1.54) is 18.2 Å². The molecule has 1 aromatic carbocycles. The maximum Gasteiger partial charge on any atom is 0.188 e. The second-order valence-electron chi connectivity index (χ2n) is 3.50. The molecule has 0 N–H and O–H groups in total. The van der Waals surface area contributed by atoms with Gasteiger partial charge in [0.1, 0.15) is 5.82 Å². The van der Waals surface area contributed by atoms with E-state index in [0.717, 1.165) is 24.5 Å². The maximum absolute atomic E-state index is 13.4. The van der Waals surface area contributed by atoms with Crippen LogP contribution in [0, 0.1) is 5.82 Å². The molecule has 0 aliphatic heterocycles. The van der Waals surface area contributed by atoms with Gasteiger partial charge in [-0.2, -0.15) is 0 Å². The van der Waals surface area contributed by atoms with Crippen LogP contribution in [-0.4, -0.2) is 5.78 Å². The molecular weight excluding hydrogens is 227 g/mol. The monoisotopic (exact) mass is 240 g/mol. The Labute approximate surface area is 99.9 Å². The van der Waals surface area contributed by atoms with Gasteiger partial charge < -0.3 is 0 Å². The maximum atomic E-state index is 13.4. The predicted octanol–water partition coefficient (Wildman–Crippen LogP) is 4.41. The lowest BCUT2D eigenvalue weighted by Crippen LogP contribution is -2.00. The van der Waals surface area contributed by atoms with E-state index in [2.05, 4.69) is 0 Å². The number of hydrogen-bond donors (Lipinski definition) is 0. The van der Waals surface area contributed by atoms with E-state index >= 15 is 0 Å². The second-order valence-corrected chi connectivity index (χ2v) is 3.93. The third-order valence-corrected chi connectivity index (χ3v) is 2.68. The minimum absolute atomic E-state index is 0.0730. The Kier molecular flexibility index (Phi) is 4.69. The smallest absolute Gasteiger partial charge is 0.188 e. The summed E-state index contributed by atoms with van der Waals surface area (Å²) in [4.78, 5) is 11.7. The Morgan fingerprint density at radius 2 is 2.00 bits per heavy atom. The molecule has 0 fully saturated rings. The molecule has 1 rings (SSSR count). The Hall–Kier alpha value is -1.15. The van der Waals surface area contributed by atoms with Crippen molar-refractivity contribution in [3.8, 4) is 0 Å². The SMILES string of the molecule is CCC(=CC(=O)c1ccc(Cl)cc1F)CC. The molecule has 0 aromatic heterocycles. The van der Waals surface area contributed by atoms with Gasteiger partial charge in [0.25, 0.3) is 0 Å². The highest BCUT2D eigenvalue weighted by molar-refractivity contribution is 6.30. The third-order valence-electron chi connectivity index (χ3n) is 2.44. The molecule has 0 atom stereocenters. The molecule has 86 valence electrons. The van der Waals surface area contributed by atoms with Gasteiger partial charge in [0.2, 0.25) is 0 Å². The molecule has 0 saturated heterocycles. The van der Waals surface area contributed by atoms with Crippen LogP contribution in [0.4, 0.5) is 4.39 Å². The zero-order valence-electron chi connectivity index (χ0n) is 9.39. The first-order valence-corrected chi connectivity index (χ1v) is 5.65. The van der Waals surface area contributed by atoms with E-state index in [0.29, 0.717) is 5.02 Å². The average molecular weight is 241 g/mol. The highest BCUT2D eigenvalue weighted by Crippen LogP contribution is 2.16. The number of ketones is 1. The Bertz CT molecular complexity index is 418. The fourth-order valence-electron chi connectivity index (χ4n) is 1.41. The zero-order chi connectivity index (χ0) is 12.1. The third kappa shape index (κ3) is 3.17. The van der Waals surface area contributed by atoms with Gasteiger partial charge in [0.05, 0.1) is 5.56 Å². The van der Waals surface area contributed by atoms with Crippen molar-refractivity contribution in [3.05, 3.63) is 46.3 Å². The van der Waals surface area contributed by atoms with Crippen molar-refractivity contribution in [1.29, 1.82) is 0 Å². The summed E-state index contributed by atoms with van der Waals surface area (Å²) in [6, 6.07) is 4.09. The van der Waals surface area contributed by atoms with Crippen LogP contribution in [0.25, 0.3) is 0 Å². The van der Waals surface area contributed by atoms with Gasteiger partial charge in [-0.05, 0) is 37.1 Å². The lowest BCUT2D eigenvalue weighted by Gasteiger charge is -2.02. The predicted molar refractivity (Wildman–Crippen MR) is 64.4 cm³/mol. The average Bonchev–Trinajstić information content (AvgIpc) is 2.25. The van der Waals surface area contributed by atoms with Gasteiger partial charge in [-0.15, -0.1) is 0 Å². The number of allylic oxidation sites excluding steroid dienone is 2. The molecule has 0 bridgehead atoms. The van der Waals surface area contributed by atoms with Gasteiger partial charge in [0.15, 0.2) is 5.78 Å². The lowest BCUT2D eigenvalue weighted by molar-refractivity contribution is 0.104. The van der Waals surface area contributed by atoms with E-state index < -0.39 is 5.82 Å². The van der Waals surface area contributed by atoms with Crippen LogP contribution in [0.5, 0.6) is 0 Å². The van der Waals surface area contributed by atoms with Gasteiger partial charge >= 0.3 is 0 Å². The summed E-state index contributed by atoms with van der Waals surface area (Å²) in [6.07, 6.45) is 3.11. The van der Waals surface area contributed by atoms with Crippen LogP contribution in [0.2, 0.25) is 5.02 Å². The van der Waals surface area contributed by atoms with E-state index in [4.69, 9.17) is 11.6 Å². The number of carbonyl (C=O) groups is 1. The van der Waals surface area contributed by atoms with Crippen molar-refractivity contribution < 1.29 is 9.18 Å². The number of carbonyl (C=O) groups excluding carboxylic acids is 1. The number of halogens is 2. The largest absolute Gasteiger partial charge is 0.289 e. The Morgan fingerprint density at radius 1 is 1.38 bits per heavy atom. The summed E-state index contributed by atoms with van der Waals surface area (Å²) in [6.45, 7) is 3.95. The van der Waals surface area contributed by atoms with Gasteiger partial charge in [-0.3, -0.25) is 4.79 Å². The molecule has 0 aliphatic carbocycles. The van der Waals surface area contributed by atoms with Gasteiger partial charge in [-0.1, -0.05) is 31.0 Å². The summed E-state index contributed by atoms with van der Waals surface area (Å²) < 4.78 is 13.4. The molecule has 0 unspecified atom stereocenters. The van der Waals surface area contributed by atoms with Crippen LogP contribution < -0.4 is 0 Å². The molecule has 0 radical (unpaired) electrons. The lowest BCUT2D eigenvalue weighted by atomic mass is 10.0. The van der Waals surface area contributed by atoms with E-state index in [9.17, 15) is 9.18 Å². The second kappa shape index (κ2) is 5.80. The molecule has 3 heteroatoms. The molecule has 1 nitrogen and oxygen atoms in total. The summed E-state index contributed by atoms with van der Waals surface area (Å²) in [7, 11) is 0. The normalized spacial score (nSPS) is 10.0. The van der Waals surface area contributed by atoms with Crippen molar-refractivity contribution in [3.63, 3.8) is 0 Å². The van der Waals surface area contributed by atoms with Crippen LogP contribution in [0.15, 0.2) is 29.8 Å². The Balaban J connectivity index is 3.01. The molecule has 0 amide bonds. The number of rotatable bonds is 4. The van der Waals surface area contributed by atoms with Crippen LogP contribution in [0.1, 0.15) is 37.0 Å². The van der Waals surface area contributed by atoms with Gasteiger partial charge in [-0.25, -0.2) is 4.39 Å². The van der Waals surface area contributed by atoms with Crippen LogP contribution >= 0.6 is 11.6 Å². The molecule has 0 spiro atoms. The summed E-state index contributed by atoms with van der Waals surface area (Å²) in [5.74, 6) is -0.867. The van der Waals surface area contributed by atoms with Crippen LogP contribution in [-0.2, 0) is 0 Å². The standard InChI is InChI=1S/C13H14ClFO/c1-3-9(4-2)7-13(16)11-6-5-10(14)8-12(11)15/h5-8H,3-4H2,1-2H3. The summed E-state index contributed by atoms with van der Waals surface area (Å²) >= 11 is 5.62. The molecule has 0 heterocycles. The first-order chi connectivity index (χ1) is 7.58. The number of benzene rings is 1. The van der Waals surface area contributed by atoms with Crippen molar-refractivity contribution in [1.82, 2.24) is 0 Å². The minimum Gasteiger partial charge on any atom is -0.289 e. The van der Waals surface area contributed by atoms with Crippen molar-refractivity contribution in [2.24, 2.45) is 0 Å². The van der Waals surface area contributed by atoms with Crippen LogP contribution in [0.3, 0.4) is 0 Å². The summed E-state index contributed by atoms with van der Waals surface area (Å²) in [5, 5.41) is 0.296. The highest BCUT2D eigenvalue weighted by atomic mass is 35.5. The zero-order valence-corrected chi connectivity index (χ0v) is 10.1. The fourth-order valence-corrected chi connectivity index (χ4v) is 1.57. The van der Waals surface area contributed by atoms with Crippen molar-refractivity contribution in [2.75, 3.05) is 0 Å². The fraction of sp³-hybridized carbons (Fsp3) is 0.308. The van der Waals surface area contributed by atoms with E-state index in [-0.39, 0.29) is 11.3 Å². The quantitative estimate of drug-likeness (QED) is 0.563. The van der Waals surface area contributed by atoms with Crippen molar-refractivity contribution in [2.45, 2.75) is 26.7 Å². The highest BCUT2D eigenvalue weighted by Gasteiger charge is 2.10. The molecular formula is C13H14ClFO. The van der Waals surface area contributed by atoms with Crippen molar-refractivity contribution >= 4 is 17.4 Å².